The Morgan fingerprint density at radius 1 is 1.60 bits per heavy atom. The van der Waals surface area contributed by atoms with Crippen LogP contribution in [0.2, 0.25) is 0 Å². The topological polar surface area (TPSA) is 47.6 Å². The third kappa shape index (κ3) is 4.18. The minimum absolute atomic E-state index is 0.104. The molecule has 0 radical (unpaired) electrons. The molecule has 1 fully saturated rings. The van der Waals surface area contributed by atoms with E-state index in [2.05, 4.69) is 12.2 Å². The molecule has 0 spiro atoms. The number of hydrogen-bond donors (Lipinski definition) is 1. The Bertz CT molecular complexity index is 214. The molecule has 1 rings (SSSR count). The van der Waals surface area contributed by atoms with Crippen LogP contribution in [0.1, 0.15) is 26.7 Å². The van der Waals surface area contributed by atoms with E-state index in [9.17, 15) is 4.79 Å². The first-order chi connectivity index (χ1) is 7.06. The monoisotopic (exact) mass is 215 g/mol. The van der Waals surface area contributed by atoms with E-state index in [1.165, 1.54) is 0 Å². The largest absolute Gasteiger partial charge is 0.382 e. The third-order valence-electron chi connectivity index (χ3n) is 2.79. The lowest BCUT2D eigenvalue weighted by Crippen LogP contribution is -2.48. The van der Waals surface area contributed by atoms with Gasteiger partial charge in [-0.15, -0.1) is 0 Å². The maximum atomic E-state index is 11.4. The van der Waals surface area contributed by atoms with E-state index in [1.54, 1.807) is 7.11 Å². The predicted octanol–water partition coefficient (Wildman–Crippen LogP) is 0.954. The molecule has 15 heavy (non-hydrogen) atoms. The summed E-state index contributed by atoms with van der Waals surface area (Å²) in [5, 5.41) is 2.93. The van der Waals surface area contributed by atoms with Crippen LogP contribution in [0.4, 0.5) is 0 Å². The summed E-state index contributed by atoms with van der Waals surface area (Å²) in [6.45, 7) is 6.31. The Morgan fingerprint density at radius 2 is 2.27 bits per heavy atom. The fraction of sp³-hybridized carbons (Fsp3) is 0.909. The molecule has 4 nitrogen and oxygen atoms in total. The lowest BCUT2D eigenvalue weighted by atomic mass is 9.89. The van der Waals surface area contributed by atoms with Crippen molar-refractivity contribution in [2.24, 2.45) is 5.41 Å². The third-order valence-corrected chi connectivity index (χ3v) is 2.79. The first-order valence-electron chi connectivity index (χ1n) is 5.43. The van der Waals surface area contributed by atoms with Gasteiger partial charge >= 0.3 is 0 Å². The fourth-order valence-corrected chi connectivity index (χ4v) is 1.41. The van der Waals surface area contributed by atoms with Crippen LogP contribution in [-0.4, -0.2) is 38.9 Å². The van der Waals surface area contributed by atoms with Crippen LogP contribution in [0, 0.1) is 5.41 Å². The number of carbonyl (C=O) groups excluding carboxylic acids is 1. The van der Waals surface area contributed by atoms with E-state index in [-0.39, 0.29) is 17.4 Å². The highest BCUT2D eigenvalue weighted by molar-refractivity contribution is 5.75. The van der Waals surface area contributed by atoms with E-state index in [0.29, 0.717) is 13.0 Å². The van der Waals surface area contributed by atoms with E-state index in [0.717, 1.165) is 19.6 Å². The van der Waals surface area contributed by atoms with Crippen molar-refractivity contribution in [3.8, 4) is 0 Å². The smallest absolute Gasteiger partial charge is 0.220 e. The zero-order valence-corrected chi connectivity index (χ0v) is 9.84. The first-order valence-corrected chi connectivity index (χ1v) is 5.43. The molecule has 1 amide bonds. The number of methoxy groups -OCH3 is 1. The lowest BCUT2D eigenvalue weighted by molar-refractivity contribution is -0.127. The molecule has 1 saturated heterocycles. The van der Waals surface area contributed by atoms with Crippen molar-refractivity contribution >= 4 is 5.91 Å². The zero-order chi connectivity index (χ0) is 11.3. The van der Waals surface area contributed by atoms with Gasteiger partial charge in [0, 0.05) is 25.5 Å². The Morgan fingerprint density at radius 3 is 2.73 bits per heavy atom. The summed E-state index contributed by atoms with van der Waals surface area (Å²) in [6, 6.07) is 0. The summed E-state index contributed by atoms with van der Waals surface area (Å²) < 4.78 is 10.2. The molecule has 0 aromatic rings. The molecular weight excluding hydrogens is 194 g/mol. The Hall–Kier alpha value is -0.610. The van der Waals surface area contributed by atoms with Gasteiger partial charge in [-0.05, 0) is 13.3 Å². The molecule has 0 aromatic heterocycles. The van der Waals surface area contributed by atoms with Gasteiger partial charge in [0.25, 0.3) is 0 Å². The van der Waals surface area contributed by atoms with Crippen LogP contribution in [0.25, 0.3) is 0 Å². The van der Waals surface area contributed by atoms with E-state index < -0.39 is 0 Å². The molecule has 1 aliphatic heterocycles. The molecule has 1 unspecified atom stereocenters. The number of carbonyl (C=O) groups is 1. The maximum absolute atomic E-state index is 11.4. The highest BCUT2D eigenvalue weighted by atomic mass is 16.5. The van der Waals surface area contributed by atoms with Gasteiger partial charge in [-0.3, -0.25) is 4.79 Å². The van der Waals surface area contributed by atoms with Gasteiger partial charge in [-0.25, -0.2) is 0 Å². The molecule has 0 bridgehead atoms. The van der Waals surface area contributed by atoms with E-state index in [1.807, 2.05) is 6.92 Å². The minimum atomic E-state index is 0.104. The van der Waals surface area contributed by atoms with Crippen LogP contribution in [-0.2, 0) is 14.3 Å². The van der Waals surface area contributed by atoms with E-state index in [4.69, 9.17) is 9.47 Å². The second-order valence-electron chi connectivity index (χ2n) is 4.67. The molecule has 1 atom stereocenters. The van der Waals surface area contributed by atoms with Crippen molar-refractivity contribution in [1.82, 2.24) is 5.32 Å². The molecule has 0 aliphatic carbocycles. The van der Waals surface area contributed by atoms with Gasteiger partial charge in [-0.2, -0.15) is 0 Å². The molecule has 4 heteroatoms. The highest BCUT2D eigenvalue weighted by Gasteiger charge is 2.33. The summed E-state index contributed by atoms with van der Waals surface area (Å²) >= 11 is 0. The van der Waals surface area contributed by atoms with Gasteiger partial charge in [0.15, 0.2) is 0 Å². The van der Waals surface area contributed by atoms with Crippen molar-refractivity contribution in [2.75, 3.05) is 26.9 Å². The van der Waals surface area contributed by atoms with Crippen molar-refractivity contribution in [2.45, 2.75) is 32.8 Å². The van der Waals surface area contributed by atoms with Crippen molar-refractivity contribution in [3.05, 3.63) is 0 Å². The number of rotatable bonds is 6. The summed E-state index contributed by atoms with van der Waals surface area (Å²) in [4.78, 5) is 11.4. The first kappa shape index (κ1) is 12.5. The van der Waals surface area contributed by atoms with Gasteiger partial charge in [0.2, 0.25) is 5.91 Å². The number of amides is 1. The second kappa shape index (κ2) is 5.47. The number of hydrogen-bond acceptors (Lipinski definition) is 3. The molecule has 88 valence electrons. The van der Waals surface area contributed by atoms with Gasteiger partial charge < -0.3 is 14.8 Å². The Kier molecular flexibility index (Phi) is 4.54. The second-order valence-corrected chi connectivity index (χ2v) is 4.67. The van der Waals surface area contributed by atoms with Crippen molar-refractivity contribution < 1.29 is 14.3 Å². The molecular formula is C11H21NO3. The Balaban J connectivity index is 2.08. The SMILES string of the molecule is COC(C)CCC(=O)NCC1(C)COC1. The zero-order valence-electron chi connectivity index (χ0n) is 9.84. The van der Waals surface area contributed by atoms with Crippen LogP contribution >= 0.6 is 0 Å². The maximum Gasteiger partial charge on any atom is 0.220 e. The normalized spacial score (nSPS) is 20.5. The van der Waals surface area contributed by atoms with Gasteiger partial charge in [0.05, 0.1) is 19.3 Å². The average Bonchev–Trinajstić information content (AvgIpc) is 2.20. The Labute approximate surface area is 91.3 Å². The molecule has 0 saturated carbocycles. The summed E-state index contributed by atoms with van der Waals surface area (Å²) in [6.07, 6.45) is 1.46. The summed E-state index contributed by atoms with van der Waals surface area (Å²) in [7, 11) is 1.66. The highest BCUT2D eigenvalue weighted by Crippen LogP contribution is 2.25. The number of nitrogens with one attached hydrogen (secondary N) is 1. The van der Waals surface area contributed by atoms with Crippen LogP contribution in [0.5, 0.6) is 0 Å². The fourth-order valence-electron chi connectivity index (χ4n) is 1.41. The van der Waals surface area contributed by atoms with Crippen LogP contribution in [0.3, 0.4) is 0 Å². The molecule has 1 aliphatic rings. The van der Waals surface area contributed by atoms with Crippen molar-refractivity contribution in [3.63, 3.8) is 0 Å². The molecule has 0 aromatic carbocycles. The number of ether oxygens (including phenoxy) is 2. The summed E-state index contributed by atoms with van der Waals surface area (Å²) in [5.41, 5.74) is 0.155. The van der Waals surface area contributed by atoms with Crippen LogP contribution in [0.15, 0.2) is 0 Å². The average molecular weight is 215 g/mol. The molecule has 1 N–H and O–H groups in total. The van der Waals surface area contributed by atoms with Gasteiger partial charge in [-0.1, -0.05) is 6.92 Å². The molecule has 1 heterocycles. The van der Waals surface area contributed by atoms with Crippen LogP contribution < -0.4 is 5.32 Å². The summed E-state index contributed by atoms with van der Waals surface area (Å²) in [5.74, 6) is 0.104. The quantitative estimate of drug-likeness (QED) is 0.717. The van der Waals surface area contributed by atoms with Crippen molar-refractivity contribution in [1.29, 1.82) is 0 Å². The lowest BCUT2D eigenvalue weighted by Gasteiger charge is -2.38. The predicted molar refractivity (Wildman–Crippen MR) is 57.6 cm³/mol. The standard InChI is InChI=1S/C11H21NO3/c1-9(14-3)4-5-10(13)12-6-11(2)7-15-8-11/h9H,4-8H2,1-3H3,(H,12,13). The van der Waals surface area contributed by atoms with E-state index >= 15 is 0 Å². The minimum Gasteiger partial charge on any atom is -0.382 e. The van der Waals surface area contributed by atoms with Gasteiger partial charge in [0.1, 0.15) is 0 Å².